The van der Waals surface area contributed by atoms with Crippen molar-refractivity contribution in [1.82, 2.24) is 0 Å². The van der Waals surface area contributed by atoms with Gasteiger partial charge in [0.25, 0.3) is 5.91 Å². The van der Waals surface area contributed by atoms with Crippen molar-refractivity contribution in [1.29, 1.82) is 0 Å². The molecule has 6 heteroatoms. The van der Waals surface area contributed by atoms with Crippen LogP contribution in [-0.4, -0.2) is 24.6 Å². The Morgan fingerprint density at radius 1 is 1.15 bits per heavy atom. The molecule has 0 saturated carbocycles. The lowest BCUT2D eigenvalue weighted by Crippen LogP contribution is -2.21. The highest BCUT2D eigenvalue weighted by Crippen LogP contribution is 2.33. The van der Waals surface area contributed by atoms with Crippen molar-refractivity contribution in [2.24, 2.45) is 0 Å². The van der Waals surface area contributed by atoms with Crippen molar-refractivity contribution in [3.05, 3.63) is 45.8 Å². The van der Waals surface area contributed by atoms with Crippen LogP contribution in [0.3, 0.4) is 0 Å². The number of ether oxygens (including phenoxy) is 2. The summed E-state index contributed by atoms with van der Waals surface area (Å²) >= 11 is 1.37. The lowest BCUT2D eigenvalue weighted by atomic mass is 10.1. The van der Waals surface area contributed by atoms with Crippen LogP contribution >= 0.6 is 11.3 Å². The smallest absolute Gasteiger partial charge is 0.341 e. The number of carbonyl (C=O) groups excluding carboxylic acids is 2. The molecular formula is C21H27NO4S. The van der Waals surface area contributed by atoms with Gasteiger partial charge in [-0.15, -0.1) is 11.3 Å². The molecule has 1 N–H and O–H groups in total. The molecule has 0 spiro atoms. The summed E-state index contributed by atoms with van der Waals surface area (Å²) in [6.07, 6.45) is 1.89. The first-order chi connectivity index (χ1) is 12.8. The van der Waals surface area contributed by atoms with E-state index in [1.165, 1.54) is 16.9 Å². The Morgan fingerprint density at radius 2 is 1.81 bits per heavy atom. The molecule has 0 radical (unpaired) electrons. The predicted octanol–water partition coefficient (Wildman–Crippen LogP) is 4.90. The van der Waals surface area contributed by atoms with Gasteiger partial charge >= 0.3 is 5.97 Å². The molecular weight excluding hydrogens is 362 g/mol. The summed E-state index contributed by atoms with van der Waals surface area (Å²) in [6, 6.07) is 7.73. The summed E-state index contributed by atoms with van der Waals surface area (Å²) in [5.74, 6) is -0.0925. The van der Waals surface area contributed by atoms with Gasteiger partial charge in [-0.05, 0) is 57.4 Å². The lowest BCUT2D eigenvalue weighted by Gasteiger charge is -2.11. The number of anilines is 1. The Morgan fingerprint density at radius 3 is 2.41 bits per heavy atom. The highest BCUT2D eigenvalue weighted by molar-refractivity contribution is 7.16. The molecule has 0 bridgehead atoms. The van der Waals surface area contributed by atoms with E-state index in [9.17, 15) is 9.59 Å². The molecule has 146 valence electrons. The number of rotatable bonds is 8. The fourth-order valence-corrected chi connectivity index (χ4v) is 3.65. The molecule has 27 heavy (non-hydrogen) atoms. The summed E-state index contributed by atoms with van der Waals surface area (Å²) in [5, 5.41) is 3.28. The van der Waals surface area contributed by atoms with Gasteiger partial charge in [0, 0.05) is 4.88 Å². The zero-order chi connectivity index (χ0) is 20.0. The van der Waals surface area contributed by atoms with E-state index >= 15 is 0 Å². The number of amides is 1. The fourth-order valence-electron chi connectivity index (χ4n) is 2.59. The summed E-state index contributed by atoms with van der Waals surface area (Å²) in [7, 11) is 0. The molecule has 2 rings (SSSR count). The predicted molar refractivity (Wildman–Crippen MR) is 109 cm³/mol. The topological polar surface area (TPSA) is 64.6 Å². The van der Waals surface area contributed by atoms with Crippen LogP contribution in [-0.2, 0) is 16.0 Å². The molecule has 0 aliphatic carbocycles. The van der Waals surface area contributed by atoms with Crippen LogP contribution in [0.4, 0.5) is 5.00 Å². The lowest BCUT2D eigenvalue weighted by molar-refractivity contribution is -0.118. The molecule has 0 unspecified atom stereocenters. The number of esters is 1. The van der Waals surface area contributed by atoms with E-state index in [4.69, 9.17) is 9.47 Å². The van der Waals surface area contributed by atoms with Gasteiger partial charge in [-0.1, -0.05) is 25.5 Å². The van der Waals surface area contributed by atoms with E-state index in [0.29, 0.717) is 16.3 Å². The largest absolute Gasteiger partial charge is 0.484 e. The summed E-state index contributed by atoms with van der Waals surface area (Å²) in [4.78, 5) is 25.6. The van der Waals surface area contributed by atoms with Gasteiger partial charge in [0.15, 0.2) is 6.61 Å². The third-order valence-electron chi connectivity index (χ3n) is 4.02. The van der Waals surface area contributed by atoms with Crippen molar-refractivity contribution in [2.75, 3.05) is 11.9 Å². The molecule has 0 fully saturated rings. The first-order valence-electron chi connectivity index (χ1n) is 9.14. The van der Waals surface area contributed by atoms with Crippen LogP contribution in [0.25, 0.3) is 0 Å². The Labute approximate surface area is 164 Å². The third-order valence-corrected chi connectivity index (χ3v) is 5.14. The Bertz CT molecular complexity index is 793. The Hall–Kier alpha value is -2.34. The number of thiophene rings is 1. The van der Waals surface area contributed by atoms with Crippen LogP contribution in [0.5, 0.6) is 5.75 Å². The second-order valence-electron chi connectivity index (χ2n) is 6.67. The maximum absolute atomic E-state index is 12.4. The van der Waals surface area contributed by atoms with E-state index in [0.717, 1.165) is 23.3 Å². The van der Waals surface area contributed by atoms with Crippen molar-refractivity contribution < 1.29 is 19.1 Å². The van der Waals surface area contributed by atoms with Gasteiger partial charge in [0.2, 0.25) is 0 Å². The zero-order valence-electron chi connectivity index (χ0n) is 16.5. The first-order valence-corrected chi connectivity index (χ1v) is 9.96. The van der Waals surface area contributed by atoms with Crippen LogP contribution in [0, 0.1) is 13.8 Å². The van der Waals surface area contributed by atoms with Gasteiger partial charge in [-0.2, -0.15) is 0 Å². The van der Waals surface area contributed by atoms with Gasteiger partial charge in [-0.3, -0.25) is 4.79 Å². The van der Waals surface area contributed by atoms with Crippen molar-refractivity contribution in [2.45, 2.75) is 53.6 Å². The number of nitrogens with one attached hydrogen (secondary N) is 1. The van der Waals surface area contributed by atoms with E-state index in [1.807, 2.05) is 38.1 Å². The first kappa shape index (κ1) is 21.0. The quantitative estimate of drug-likeness (QED) is 0.652. The van der Waals surface area contributed by atoms with Crippen LogP contribution in [0.2, 0.25) is 0 Å². The minimum Gasteiger partial charge on any atom is -0.484 e. The van der Waals surface area contributed by atoms with Crippen molar-refractivity contribution in [3.8, 4) is 5.75 Å². The minimum absolute atomic E-state index is 0.123. The van der Waals surface area contributed by atoms with Crippen LogP contribution in [0.1, 0.15) is 53.6 Å². The number of hydrogen-bond donors (Lipinski definition) is 1. The van der Waals surface area contributed by atoms with E-state index in [2.05, 4.69) is 12.2 Å². The maximum Gasteiger partial charge on any atom is 0.341 e. The van der Waals surface area contributed by atoms with Crippen molar-refractivity contribution >= 4 is 28.2 Å². The summed E-state index contributed by atoms with van der Waals surface area (Å²) < 4.78 is 10.8. The van der Waals surface area contributed by atoms with Gasteiger partial charge in [-0.25, -0.2) is 4.79 Å². The molecule has 1 heterocycles. The average molecular weight is 390 g/mol. The molecule has 0 aliphatic heterocycles. The second kappa shape index (κ2) is 9.55. The van der Waals surface area contributed by atoms with Crippen molar-refractivity contribution in [3.63, 3.8) is 0 Å². The number of benzene rings is 1. The summed E-state index contributed by atoms with van der Waals surface area (Å²) in [6.45, 7) is 9.37. The number of hydrogen-bond acceptors (Lipinski definition) is 5. The van der Waals surface area contributed by atoms with E-state index in [-0.39, 0.29) is 18.6 Å². The third kappa shape index (κ3) is 5.82. The van der Waals surface area contributed by atoms with Gasteiger partial charge < -0.3 is 14.8 Å². The number of aryl methyl sites for hydroxylation is 2. The molecule has 0 atom stereocenters. The molecule has 1 aromatic carbocycles. The highest BCUT2D eigenvalue weighted by Gasteiger charge is 2.23. The minimum atomic E-state index is -0.422. The summed E-state index contributed by atoms with van der Waals surface area (Å²) in [5.41, 5.74) is 2.49. The SMILES string of the molecule is CCCc1ccc(OCC(=O)Nc2sc(C)c(C)c2C(=O)OC(C)C)cc1. The maximum atomic E-state index is 12.4. The molecule has 1 amide bonds. The second-order valence-corrected chi connectivity index (χ2v) is 7.90. The normalized spacial score (nSPS) is 10.7. The Balaban J connectivity index is 2.01. The molecule has 0 aliphatic rings. The fraction of sp³-hybridized carbons (Fsp3) is 0.429. The molecule has 1 aromatic heterocycles. The Kier molecular flexibility index (Phi) is 7.42. The van der Waals surface area contributed by atoms with Gasteiger partial charge in [0.1, 0.15) is 10.8 Å². The van der Waals surface area contributed by atoms with Crippen LogP contribution in [0.15, 0.2) is 24.3 Å². The molecule has 5 nitrogen and oxygen atoms in total. The average Bonchev–Trinajstić information content (AvgIpc) is 2.88. The zero-order valence-corrected chi connectivity index (χ0v) is 17.4. The molecule has 0 saturated heterocycles. The van der Waals surface area contributed by atoms with Gasteiger partial charge in [0.05, 0.1) is 11.7 Å². The highest BCUT2D eigenvalue weighted by atomic mass is 32.1. The monoisotopic (exact) mass is 389 g/mol. The van der Waals surface area contributed by atoms with E-state index < -0.39 is 5.97 Å². The standard InChI is InChI=1S/C21H27NO4S/c1-6-7-16-8-10-17(11-9-16)25-12-18(23)22-20-19(14(4)15(5)27-20)21(24)26-13(2)3/h8-11,13H,6-7,12H2,1-5H3,(H,22,23). The molecule has 2 aromatic rings. The van der Waals surface area contributed by atoms with E-state index in [1.54, 1.807) is 13.8 Å². The number of carbonyl (C=O) groups is 2. The van der Waals surface area contributed by atoms with Crippen LogP contribution < -0.4 is 10.1 Å².